The highest BCUT2D eigenvalue weighted by molar-refractivity contribution is 7.99. The first-order valence-corrected chi connectivity index (χ1v) is 10.5. The predicted octanol–water partition coefficient (Wildman–Crippen LogP) is 1.74. The van der Waals surface area contributed by atoms with Gasteiger partial charge in [0, 0.05) is 17.7 Å². The largest absolute Gasteiger partial charge is 0.465 e. The first kappa shape index (κ1) is 17.0. The third-order valence-corrected chi connectivity index (χ3v) is 6.38. The van der Waals surface area contributed by atoms with Crippen LogP contribution in [0.4, 0.5) is 0 Å². The molecule has 3 fully saturated rings. The van der Waals surface area contributed by atoms with E-state index >= 15 is 0 Å². The third kappa shape index (κ3) is 3.18. The van der Waals surface area contributed by atoms with Crippen molar-refractivity contribution in [2.75, 3.05) is 12.4 Å². The summed E-state index contributed by atoms with van der Waals surface area (Å²) in [6.07, 6.45) is 5.37. The quantitative estimate of drug-likeness (QED) is 0.456. The molecule has 2 aromatic rings. The van der Waals surface area contributed by atoms with Crippen LogP contribution in [-0.2, 0) is 9.53 Å². The highest BCUT2D eigenvalue weighted by Crippen LogP contribution is 2.41. The molecule has 8 nitrogen and oxygen atoms in total. The van der Waals surface area contributed by atoms with Crippen molar-refractivity contribution in [3.05, 3.63) is 26.7 Å². The summed E-state index contributed by atoms with van der Waals surface area (Å²) in [4.78, 5) is 48.3. The molecule has 1 aliphatic heterocycles. The van der Waals surface area contributed by atoms with E-state index in [9.17, 15) is 14.4 Å². The number of rotatable bonds is 6. The molecule has 3 aliphatic rings. The van der Waals surface area contributed by atoms with Crippen molar-refractivity contribution < 1.29 is 9.53 Å². The fraction of sp³-hybridized carbons (Fsp3) is 0.611. The molecule has 1 atom stereocenters. The average molecular weight is 388 g/mol. The number of carbonyl (C=O) groups is 1. The van der Waals surface area contributed by atoms with E-state index in [1.54, 1.807) is 4.57 Å². The average Bonchev–Trinajstić information content (AvgIpc) is 3.54. The van der Waals surface area contributed by atoms with Crippen molar-refractivity contribution in [2.24, 2.45) is 5.92 Å². The molecule has 2 aromatic heterocycles. The summed E-state index contributed by atoms with van der Waals surface area (Å²) in [6.45, 7) is 0.490. The van der Waals surface area contributed by atoms with Crippen LogP contribution >= 0.6 is 11.8 Å². The highest BCUT2D eigenvalue weighted by atomic mass is 32.2. The molecule has 0 spiro atoms. The Hall–Kier alpha value is -2.16. The maximum absolute atomic E-state index is 12.5. The number of cyclic esters (lactones) is 1. The Morgan fingerprint density at radius 1 is 1.11 bits per heavy atom. The monoisotopic (exact) mass is 388 g/mol. The first-order valence-electron chi connectivity index (χ1n) is 9.47. The van der Waals surface area contributed by atoms with E-state index in [4.69, 9.17) is 4.74 Å². The minimum Gasteiger partial charge on any atom is -0.465 e. The number of nitrogens with one attached hydrogen (secondary N) is 1. The van der Waals surface area contributed by atoms with Gasteiger partial charge < -0.3 is 4.74 Å². The molecule has 0 radical (unpaired) electrons. The number of hydrogen-bond acceptors (Lipinski definition) is 7. The molecule has 1 N–H and O–H groups in total. The van der Waals surface area contributed by atoms with Crippen LogP contribution in [0.15, 0.2) is 14.6 Å². The number of ether oxygens (including phenoxy) is 1. The van der Waals surface area contributed by atoms with Crippen molar-refractivity contribution >= 4 is 28.8 Å². The third-order valence-electron chi connectivity index (χ3n) is 5.37. The zero-order chi connectivity index (χ0) is 18.5. The molecular formula is C18H20N4O4S. The molecule has 0 bridgehead atoms. The molecular weight excluding hydrogens is 368 g/mol. The van der Waals surface area contributed by atoms with E-state index in [2.05, 4.69) is 15.0 Å². The first-order chi connectivity index (χ1) is 13.1. The maximum atomic E-state index is 12.5. The Kier molecular flexibility index (Phi) is 4.07. The van der Waals surface area contributed by atoms with Gasteiger partial charge in [-0.1, -0.05) is 0 Å². The molecule has 2 aliphatic carbocycles. The lowest BCUT2D eigenvalue weighted by Gasteiger charge is -2.12. The zero-order valence-corrected chi connectivity index (χ0v) is 15.6. The smallest absolute Gasteiger partial charge is 0.330 e. The Labute approximate surface area is 158 Å². The molecule has 1 saturated heterocycles. The maximum Gasteiger partial charge on any atom is 0.330 e. The normalized spacial score (nSPS) is 22.4. The second-order valence-electron chi connectivity index (χ2n) is 7.51. The van der Waals surface area contributed by atoms with E-state index in [1.165, 1.54) is 11.8 Å². The summed E-state index contributed by atoms with van der Waals surface area (Å²) in [5, 5.41) is 1.01. The number of aromatic nitrogens is 4. The Morgan fingerprint density at radius 2 is 1.93 bits per heavy atom. The number of hydrogen-bond donors (Lipinski definition) is 1. The van der Waals surface area contributed by atoms with Crippen molar-refractivity contribution in [3.8, 4) is 0 Å². The zero-order valence-electron chi connectivity index (χ0n) is 14.8. The van der Waals surface area contributed by atoms with E-state index in [-0.39, 0.29) is 23.6 Å². The molecule has 142 valence electrons. The standard InChI is InChI=1S/C18H20N4O4S/c23-15-12-14(22(11-3-4-11)18(25)21-15)19-13(9-1-2-9)20-16(12)27-8-6-10-5-7-26-17(10)24/h9-11H,1-8H2,(H,21,23,25)/t10-/m1/s1. The second kappa shape index (κ2) is 6.47. The molecule has 0 unspecified atom stereocenters. The summed E-state index contributed by atoms with van der Waals surface area (Å²) in [5.41, 5.74) is -0.358. The number of H-pyrrole nitrogens is 1. The Bertz CT molecular complexity index is 1040. The number of carbonyl (C=O) groups excluding carboxylic acids is 1. The number of thioether (sulfide) groups is 1. The van der Waals surface area contributed by atoms with Gasteiger partial charge in [-0.15, -0.1) is 11.8 Å². The van der Waals surface area contributed by atoms with Gasteiger partial charge >= 0.3 is 11.7 Å². The number of aromatic amines is 1. The molecule has 0 aromatic carbocycles. The van der Waals surface area contributed by atoms with Crippen LogP contribution in [0.2, 0.25) is 0 Å². The van der Waals surface area contributed by atoms with Gasteiger partial charge in [-0.25, -0.2) is 14.8 Å². The van der Waals surface area contributed by atoms with Crippen molar-refractivity contribution in [1.29, 1.82) is 0 Å². The van der Waals surface area contributed by atoms with Crippen LogP contribution in [0.25, 0.3) is 11.0 Å². The SMILES string of the molecule is O=C1OCC[C@@H]1CCSc1nc(C2CC2)nc2c1c(=O)[nH]c(=O)n2C1CC1. The molecule has 3 heterocycles. The van der Waals surface area contributed by atoms with Gasteiger partial charge in [0.2, 0.25) is 0 Å². The van der Waals surface area contributed by atoms with Crippen LogP contribution in [0, 0.1) is 5.92 Å². The molecule has 9 heteroatoms. The fourth-order valence-electron chi connectivity index (χ4n) is 3.53. The second-order valence-corrected chi connectivity index (χ2v) is 8.59. The van der Waals surface area contributed by atoms with Gasteiger partial charge in [0.1, 0.15) is 16.2 Å². The van der Waals surface area contributed by atoms with E-state index in [0.717, 1.165) is 37.9 Å². The summed E-state index contributed by atoms with van der Waals surface area (Å²) in [5.74, 6) is 1.50. The fourth-order valence-corrected chi connectivity index (χ4v) is 4.61. The summed E-state index contributed by atoms with van der Waals surface area (Å²) >= 11 is 1.46. The van der Waals surface area contributed by atoms with E-state index in [1.807, 2.05) is 0 Å². The van der Waals surface area contributed by atoms with Gasteiger partial charge in [-0.05, 0) is 38.5 Å². The molecule has 27 heavy (non-hydrogen) atoms. The van der Waals surface area contributed by atoms with Gasteiger partial charge in [-0.2, -0.15) is 0 Å². The van der Waals surface area contributed by atoms with Gasteiger partial charge in [0.05, 0.1) is 12.5 Å². The Morgan fingerprint density at radius 3 is 2.59 bits per heavy atom. The summed E-state index contributed by atoms with van der Waals surface area (Å²) in [6, 6.07) is 0.116. The van der Waals surface area contributed by atoms with Gasteiger partial charge in [0.25, 0.3) is 5.56 Å². The van der Waals surface area contributed by atoms with Crippen LogP contribution in [-0.4, -0.2) is 37.8 Å². The Balaban J connectivity index is 1.53. The number of esters is 1. The summed E-state index contributed by atoms with van der Waals surface area (Å²) in [7, 11) is 0. The number of nitrogens with zero attached hydrogens (tertiary/aromatic N) is 3. The topological polar surface area (TPSA) is 107 Å². The lowest BCUT2D eigenvalue weighted by Crippen LogP contribution is -2.31. The van der Waals surface area contributed by atoms with Crippen LogP contribution < -0.4 is 11.2 Å². The molecule has 5 rings (SSSR count). The molecule has 0 amide bonds. The minimum absolute atomic E-state index is 0.0727. The lowest BCUT2D eigenvalue weighted by atomic mass is 10.1. The predicted molar refractivity (Wildman–Crippen MR) is 99.1 cm³/mol. The van der Waals surface area contributed by atoms with Crippen LogP contribution in [0.3, 0.4) is 0 Å². The minimum atomic E-state index is -0.433. The van der Waals surface area contributed by atoms with Gasteiger partial charge in [0.15, 0.2) is 5.65 Å². The van der Waals surface area contributed by atoms with E-state index < -0.39 is 5.56 Å². The molecule has 2 saturated carbocycles. The van der Waals surface area contributed by atoms with Crippen LogP contribution in [0.5, 0.6) is 0 Å². The van der Waals surface area contributed by atoms with Crippen molar-refractivity contribution in [1.82, 2.24) is 19.5 Å². The van der Waals surface area contributed by atoms with Gasteiger partial charge in [-0.3, -0.25) is 19.1 Å². The van der Waals surface area contributed by atoms with Crippen molar-refractivity contribution in [3.63, 3.8) is 0 Å². The van der Waals surface area contributed by atoms with E-state index in [0.29, 0.717) is 40.8 Å². The summed E-state index contributed by atoms with van der Waals surface area (Å²) < 4.78 is 6.64. The number of fused-ring (bicyclic) bond motifs is 1. The highest BCUT2D eigenvalue weighted by Gasteiger charge is 2.32. The lowest BCUT2D eigenvalue weighted by molar-refractivity contribution is -0.141. The van der Waals surface area contributed by atoms with Crippen molar-refractivity contribution in [2.45, 2.75) is 55.5 Å². The van der Waals surface area contributed by atoms with Crippen LogP contribution in [0.1, 0.15) is 56.3 Å².